The van der Waals surface area contributed by atoms with Crippen LogP contribution in [0.3, 0.4) is 0 Å². The second kappa shape index (κ2) is 7.60. The van der Waals surface area contributed by atoms with E-state index in [2.05, 4.69) is 19.2 Å². The maximum absolute atomic E-state index is 12.9. The maximum atomic E-state index is 12.9. The quantitative estimate of drug-likeness (QED) is 0.892. The Morgan fingerprint density at radius 1 is 0.962 bits per heavy atom. The van der Waals surface area contributed by atoms with Crippen molar-refractivity contribution in [2.45, 2.75) is 25.2 Å². The van der Waals surface area contributed by atoms with Crippen molar-refractivity contribution >= 4 is 21.6 Å². The van der Waals surface area contributed by atoms with Crippen LogP contribution in [0.1, 0.15) is 30.6 Å². The van der Waals surface area contributed by atoms with Crippen LogP contribution in [0.25, 0.3) is 0 Å². The number of hydrogen-bond donors (Lipinski definition) is 1. The molecule has 0 radical (unpaired) electrons. The highest BCUT2D eigenvalue weighted by molar-refractivity contribution is 7.89. The van der Waals surface area contributed by atoms with Crippen molar-refractivity contribution in [2.24, 2.45) is 11.8 Å². The molecule has 1 heterocycles. The predicted molar refractivity (Wildman–Crippen MR) is 103 cm³/mol. The van der Waals surface area contributed by atoms with Crippen LogP contribution < -0.4 is 5.32 Å². The monoisotopic (exact) mass is 372 g/mol. The lowest BCUT2D eigenvalue weighted by atomic mass is 9.94. The Hall–Kier alpha value is -2.18. The SMILES string of the molecule is CC1CC(C)CN(S(=O)(=O)c2ccc(C(=O)Nc3ccccc3)cc2)C1. The number of rotatable bonds is 4. The highest BCUT2D eigenvalue weighted by atomic mass is 32.2. The van der Waals surface area contributed by atoms with Gasteiger partial charge in [-0.1, -0.05) is 32.0 Å². The number of nitrogens with one attached hydrogen (secondary N) is 1. The van der Waals surface area contributed by atoms with Gasteiger partial charge in [0.25, 0.3) is 5.91 Å². The first-order chi connectivity index (χ1) is 12.4. The molecule has 0 aliphatic carbocycles. The zero-order valence-electron chi connectivity index (χ0n) is 15.1. The van der Waals surface area contributed by atoms with E-state index in [4.69, 9.17) is 0 Å². The Balaban J connectivity index is 1.75. The topological polar surface area (TPSA) is 66.5 Å². The first-order valence-electron chi connectivity index (χ1n) is 8.83. The van der Waals surface area contributed by atoms with Crippen LogP contribution in [0.4, 0.5) is 5.69 Å². The maximum Gasteiger partial charge on any atom is 0.255 e. The van der Waals surface area contributed by atoms with E-state index in [1.54, 1.807) is 28.6 Å². The van der Waals surface area contributed by atoms with Gasteiger partial charge in [0.15, 0.2) is 0 Å². The summed E-state index contributed by atoms with van der Waals surface area (Å²) >= 11 is 0. The van der Waals surface area contributed by atoms with Gasteiger partial charge >= 0.3 is 0 Å². The molecule has 5 nitrogen and oxygen atoms in total. The fourth-order valence-electron chi connectivity index (χ4n) is 3.45. The summed E-state index contributed by atoms with van der Waals surface area (Å²) in [5, 5.41) is 2.79. The van der Waals surface area contributed by atoms with Gasteiger partial charge in [0.05, 0.1) is 4.90 Å². The van der Waals surface area contributed by atoms with Crippen molar-refractivity contribution in [1.29, 1.82) is 0 Å². The zero-order chi connectivity index (χ0) is 18.7. The Kier molecular flexibility index (Phi) is 5.44. The third-order valence-electron chi connectivity index (χ3n) is 4.62. The molecule has 1 N–H and O–H groups in total. The smallest absolute Gasteiger partial charge is 0.255 e. The van der Waals surface area contributed by atoms with E-state index in [0.717, 1.165) is 6.42 Å². The largest absolute Gasteiger partial charge is 0.322 e. The van der Waals surface area contributed by atoms with E-state index >= 15 is 0 Å². The summed E-state index contributed by atoms with van der Waals surface area (Å²) in [6.45, 7) is 5.25. The lowest BCUT2D eigenvalue weighted by Crippen LogP contribution is -2.42. The van der Waals surface area contributed by atoms with Crippen molar-refractivity contribution in [3.8, 4) is 0 Å². The average Bonchev–Trinajstić information content (AvgIpc) is 2.62. The Morgan fingerprint density at radius 3 is 2.12 bits per heavy atom. The molecule has 1 fully saturated rings. The number of benzene rings is 2. The van der Waals surface area contributed by atoms with Gasteiger partial charge in [0.1, 0.15) is 0 Å². The predicted octanol–water partition coefficient (Wildman–Crippen LogP) is 3.61. The molecule has 2 atom stereocenters. The second-order valence-corrected chi connectivity index (χ2v) is 9.05. The number of nitrogens with zero attached hydrogens (tertiary/aromatic N) is 1. The lowest BCUT2D eigenvalue weighted by Gasteiger charge is -2.34. The fraction of sp³-hybridized carbons (Fsp3) is 0.350. The minimum atomic E-state index is -3.53. The summed E-state index contributed by atoms with van der Waals surface area (Å²) in [4.78, 5) is 12.5. The van der Waals surface area contributed by atoms with Crippen LogP contribution in [-0.2, 0) is 10.0 Å². The number of carbonyl (C=O) groups excluding carboxylic acids is 1. The summed E-state index contributed by atoms with van der Waals surface area (Å²) in [7, 11) is -3.53. The van der Waals surface area contributed by atoms with Gasteiger partial charge in [-0.05, 0) is 54.7 Å². The van der Waals surface area contributed by atoms with E-state index in [0.29, 0.717) is 36.2 Å². The van der Waals surface area contributed by atoms with Crippen LogP contribution >= 0.6 is 0 Å². The zero-order valence-corrected chi connectivity index (χ0v) is 15.9. The van der Waals surface area contributed by atoms with Gasteiger partial charge in [-0.3, -0.25) is 4.79 Å². The van der Waals surface area contributed by atoms with Gasteiger partial charge in [0.2, 0.25) is 10.0 Å². The minimum Gasteiger partial charge on any atom is -0.322 e. The van der Waals surface area contributed by atoms with E-state index in [-0.39, 0.29) is 10.8 Å². The number of anilines is 1. The summed E-state index contributed by atoms with van der Waals surface area (Å²) in [6, 6.07) is 15.3. The molecule has 1 amide bonds. The van der Waals surface area contributed by atoms with Crippen LogP contribution in [-0.4, -0.2) is 31.7 Å². The van der Waals surface area contributed by atoms with Crippen molar-refractivity contribution in [1.82, 2.24) is 4.31 Å². The van der Waals surface area contributed by atoms with E-state index < -0.39 is 10.0 Å². The van der Waals surface area contributed by atoms with Gasteiger partial charge in [-0.2, -0.15) is 4.31 Å². The molecular formula is C20H24N2O3S. The molecule has 2 aromatic rings. The van der Waals surface area contributed by atoms with E-state index in [9.17, 15) is 13.2 Å². The number of carbonyl (C=O) groups is 1. The number of hydrogen-bond acceptors (Lipinski definition) is 3. The molecule has 0 saturated carbocycles. The minimum absolute atomic E-state index is 0.232. The molecule has 1 aliphatic rings. The lowest BCUT2D eigenvalue weighted by molar-refractivity contribution is 0.102. The van der Waals surface area contributed by atoms with Crippen LogP contribution in [0.5, 0.6) is 0 Å². The van der Waals surface area contributed by atoms with Gasteiger partial charge < -0.3 is 5.32 Å². The summed E-state index contributed by atoms with van der Waals surface area (Å²) in [5.74, 6) is 0.439. The first-order valence-corrected chi connectivity index (χ1v) is 10.3. The third-order valence-corrected chi connectivity index (χ3v) is 6.47. The molecule has 138 valence electrons. The Bertz CT molecular complexity index is 854. The third kappa shape index (κ3) is 4.14. The van der Waals surface area contributed by atoms with E-state index in [1.807, 2.05) is 18.2 Å². The fourth-order valence-corrected chi connectivity index (χ4v) is 5.13. The van der Waals surface area contributed by atoms with Gasteiger partial charge in [-0.15, -0.1) is 0 Å². The van der Waals surface area contributed by atoms with Crippen molar-refractivity contribution in [3.63, 3.8) is 0 Å². The van der Waals surface area contributed by atoms with E-state index in [1.165, 1.54) is 12.1 Å². The highest BCUT2D eigenvalue weighted by Gasteiger charge is 2.31. The molecule has 2 unspecified atom stereocenters. The Labute approximate surface area is 155 Å². The molecule has 2 aromatic carbocycles. The normalized spacial score (nSPS) is 21.3. The number of sulfonamides is 1. The molecule has 0 bridgehead atoms. The molecular weight excluding hydrogens is 348 g/mol. The van der Waals surface area contributed by atoms with Crippen molar-refractivity contribution in [3.05, 3.63) is 60.2 Å². The summed E-state index contributed by atoms with van der Waals surface area (Å²) < 4.78 is 27.3. The molecule has 1 saturated heterocycles. The molecule has 1 aliphatic heterocycles. The number of amides is 1. The molecule has 26 heavy (non-hydrogen) atoms. The second-order valence-electron chi connectivity index (χ2n) is 7.11. The average molecular weight is 372 g/mol. The first kappa shape index (κ1) is 18.6. The van der Waals surface area contributed by atoms with Crippen molar-refractivity contribution < 1.29 is 13.2 Å². The highest BCUT2D eigenvalue weighted by Crippen LogP contribution is 2.26. The van der Waals surface area contributed by atoms with Crippen molar-refractivity contribution in [2.75, 3.05) is 18.4 Å². The van der Waals surface area contributed by atoms with Crippen LogP contribution in [0.2, 0.25) is 0 Å². The molecule has 6 heteroatoms. The number of piperidine rings is 1. The number of para-hydroxylation sites is 1. The summed E-state index contributed by atoms with van der Waals surface area (Å²) in [6.07, 6.45) is 1.05. The molecule has 0 aromatic heterocycles. The molecule has 0 spiro atoms. The van der Waals surface area contributed by atoms with Crippen LogP contribution in [0.15, 0.2) is 59.5 Å². The van der Waals surface area contributed by atoms with Crippen LogP contribution in [0, 0.1) is 11.8 Å². The van der Waals surface area contributed by atoms with Gasteiger partial charge in [0, 0.05) is 24.3 Å². The Morgan fingerprint density at radius 2 is 1.54 bits per heavy atom. The van der Waals surface area contributed by atoms with Gasteiger partial charge in [-0.25, -0.2) is 8.42 Å². The molecule has 3 rings (SSSR count). The summed E-state index contributed by atoms with van der Waals surface area (Å²) in [5.41, 5.74) is 1.12. The standard InChI is InChI=1S/C20H24N2O3S/c1-15-12-16(2)14-22(13-15)26(24,25)19-10-8-17(9-11-19)20(23)21-18-6-4-3-5-7-18/h3-11,15-16H,12-14H2,1-2H3,(H,21,23).